The van der Waals surface area contributed by atoms with Gasteiger partial charge in [-0.3, -0.25) is 43.4 Å². The second-order valence-corrected chi connectivity index (χ2v) is 23.7. The van der Waals surface area contributed by atoms with Gasteiger partial charge in [-0.05, 0) is 140 Å². The number of esters is 1. The quantitative estimate of drug-likeness (QED) is 0.0460. The monoisotopic (exact) mass is 1180 g/mol. The van der Waals surface area contributed by atoms with Crippen LogP contribution < -0.4 is 30.5 Å². The van der Waals surface area contributed by atoms with Gasteiger partial charge >= 0.3 is 12.1 Å². The number of carbonyl (C=O) groups excluding carboxylic acids is 8. The summed E-state index contributed by atoms with van der Waals surface area (Å²) in [5.41, 5.74) is 0.0991. The summed E-state index contributed by atoms with van der Waals surface area (Å²) in [6, 6.07) is 11.7. The Labute approximate surface area is 494 Å². The van der Waals surface area contributed by atoms with Crippen LogP contribution in [0.3, 0.4) is 0 Å². The molecule has 5 aliphatic rings. The number of piperidine rings is 2. The van der Waals surface area contributed by atoms with Crippen molar-refractivity contribution in [1.29, 1.82) is 5.26 Å². The number of piperazine rings is 1. The van der Waals surface area contributed by atoms with Crippen molar-refractivity contribution in [3.63, 3.8) is 0 Å². The molecule has 3 saturated heterocycles. The highest BCUT2D eigenvalue weighted by Crippen LogP contribution is 2.35. The summed E-state index contributed by atoms with van der Waals surface area (Å²) < 4.78 is 32.5. The number of fused-ring (bicyclic) bond motifs is 1. The molecule has 84 heavy (non-hydrogen) atoms. The van der Waals surface area contributed by atoms with Gasteiger partial charge in [0.2, 0.25) is 11.8 Å². The van der Waals surface area contributed by atoms with Crippen LogP contribution in [0.4, 0.5) is 20.7 Å². The molecule has 1 unspecified atom stereocenters. The molecule has 1 saturated carbocycles. The maximum atomic E-state index is 15.9. The van der Waals surface area contributed by atoms with Crippen molar-refractivity contribution in [2.45, 2.75) is 154 Å². The highest BCUT2D eigenvalue weighted by atomic mass is 35.5. The van der Waals surface area contributed by atoms with Gasteiger partial charge in [0, 0.05) is 90.3 Å². The molecule has 8 rings (SSSR count). The van der Waals surface area contributed by atoms with Crippen molar-refractivity contribution in [2.75, 3.05) is 75.4 Å². The number of rotatable bonds is 24. The summed E-state index contributed by atoms with van der Waals surface area (Å²) in [5, 5.41) is 26.9. The molecule has 4 aliphatic heterocycles. The highest BCUT2D eigenvalue weighted by Gasteiger charge is 2.48. The summed E-state index contributed by atoms with van der Waals surface area (Å²) >= 11 is 6.16. The van der Waals surface area contributed by atoms with Crippen molar-refractivity contribution >= 4 is 70.6 Å². The summed E-state index contributed by atoms with van der Waals surface area (Å²) in [4.78, 5) is 112. The Morgan fingerprint density at radius 3 is 2.11 bits per heavy atom. The van der Waals surface area contributed by atoms with Gasteiger partial charge in [0.15, 0.2) is 18.2 Å². The first-order valence-corrected chi connectivity index (χ1v) is 29.9. The number of aromatic nitrogens is 2. The molecular weight excluding hydrogens is 1110 g/mol. The molecule has 7 amide bonds. The fraction of sp³-hybridized carbons (Fsp3) is 0.583. The lowest BCUT2D eigenvalue weighted by molar-refractivity contribution is -0.163. The Morgan fingerprint density at radius 1 is 0.762 bits per heavy atom. The van der Waals surface area contributed by atoms with Crippen LogP contribution in [0.2, 0.25) is 5.02 Å². The number of benzene rings is 2. The number of hydrogen-bond acceptors (Lipinski definition) is 17. The largest absolute Gasteiger partial charge is 0.490 e. The topological polar surface area (TPSA) is 266 Å². The van der Waals surface area contributed by atoms with Gasteiger partial charge in [-0.1, -0.05) is 24.4 Å². The van der Waals surface area contributed by atoms with E-state index in [1.54, 1.807) is 45.0 Å². The minimum atomic E-state index is -1.35. The lowest BCUT2D eigenvalue weighted by Crippen LogP contribution is -2.56. The standard InChI is InChI=1S/C60H77ClFN11O11/c1-60(2,3)84-59(81)65-26-10-6-9-25-64-52(74)11-7-4-5-8-12-54(76)82-38-72-53(75)22-20-49(58(72)80)73-56(78)44-34-47(62)50(35-45(44)57(73)79)70-31-29-69(30-32-70)37-39-23-27-71(28-24-39)51-21-19-48(67-68-51)55(77)66-41-14-17-42(18-15-41)83-43-16-13-40(36-63)46(61)33-43/h13,16,19,21,33-35,39,41-42,49H,4-12,14-15,17-18,20,22-32,37-38H2,1-3H3,(H,64,74)(H,65,81)(H,66,77). The molecule has 1 aromatic heterocycles. The van der Waals surface area contributed by atoms with Crippen LogP contribution in [0.25, 0.3) is 0 Å². The van der Waals surface area contributed by atoms with E-state index in [1.165, 1.54) is 6.07 Å². The Hall–Kier alpha value is -7.45. The molecular formula is C60H77ClFN11O11. The zero-order chi connectivity index (χ0) is 59.9. The van der Waals surface area contributed by atoms with Crippen LogP contribution in [0.5, 0.6) is 5.75 Å². The summed E-state index contributed by atoms with van der Waals surface area (Å²) in [6.45, 7) is 10.5. The molecule has 0 bridgehead atoms. The highest BCUT2D eigenvalue weighted by molar-refractivity contribution is 6.31. The maximum absolute atomic E-state index is 15.9. The summed E-state index contributed by atoms with van der Waals surface area (Å²) in [5.74, 6) is -2.94. The fourth-order valence-corrected chi connectivity index (χ4v) is 11.5. The van der Waals surface area contributed by atoms with Crippen molar-refractivity contribution in [3.05, 3.63) is 75.7 Å². The van der Waals surface area contributed by atoms with E-state index in [-0.39, 0.29) is 65.7 Å². The number of halogens is 2. The van der Waals surface area contributed by atoms with Crippen LogP contribution in [0, 0.1) is 23.1 Å². The molecule has 2 aromatic carbocycles. The molecule has 1 aliphatic carbocycles. The first-order chi connectivity index (χ1) is 40.3. The zero-order valence-electron chi connectivity index (χ0n) is 48.3. The van der Waals surface area contributed by atoms with Gasteiger partial charge in [0.05, 0.1) is 33.5 Å². The van der Waals surface area contributed by atoms with Crippen LogP contribution in [-0.2, 0) is 28.7 Å². The van der Waals surface area contributed by atoms with Crippen molar-refractivity contribution in [3.8, 4) is 11.8 Å². The molecule has 24 heteroatoms. The fourth-order valence-electron chi connectivity index (χ4n) is 11.3. The van der Waals surface area contributed by atoms with Gasteiger partial charge in [0.1, 0.15) is 29.3 Å². The molecule has 1 atom stereocenters. The number of hydrogen-bond donors (Lipinski definition) is 3. The van der Waals surface area contributed by atoms with Gasteiger partial charge in [0.25, 0.3) is 23.6 Å². The van der Waals surface area contributed by atoms with Crippen molar-refractivity contribution in [1.82, 2.24) is 40.8 Å². The number of nitrogens with zero attached hydrogens (tertiary/aromatic N) is 8. The number of imide groups is 2. The van der Waals surface area contributed by atoms with Crippen molar-refractivity contribution in [2.24, 2.45) is 5.92 Å². The predicted octanol–water partition coefficient (Wildman–Crippen LogP) is 7.07. The Kier molecular flexibility index (Phi) is 21.9. The third-order valence-corrected chi connectivity index (χ3v) is 16.3. The van der Waals surface area contributed by atoms with E-state index in [4.69, 9.17) is 31.1 Å². The number of nitriles is 1. The number of alkyl carbamates (subject to hydrolysis) is 1. The summed E-state index contributed by atoms with van der Waals surface area (Å²) in [6.07, 6.45) is 9.30. The number of likely N-dealkylation sites (tertiary alicyclic amines) is 1. The molecule has 3 aromatic rings. The molecule has 5 heterocycles. The summed E-state index contributed by atoms with van der Waals surface area (Å²) in [7, 11) is 0. The molecule has 3 N–H and O–H groups in total. The van der Waals surface area contributed by atoms with Crippen LogP contribution >= 0.6 is 11.6 Å². The number of amides is 7. The lowest BCUT2D eigenvalue weighted by Gasteiger charge is -2.39. The van der Waals surface area contributed by atoms with Crippen LogP contribution in [-0.4, -0.2) is 162 Å². The van der Waals surface area contributed by atoms with E-state index < -0.39 is 59.9 Å². The minimum Gasteiger partial charge on any atom is -0.490 e. The molecule has 0 radical (unpaired) electrons. The third-order valence-electron chi connectivity index (χ3n) is 15.9. The van der Waals surface area contributed by atoms with E-state index in [0.717, 1.165) is 93.3 Å². The van der Waals surface area contributed by atoms with Gasteiger partial charge in [-0.15, -0.1) is 10.2 Å². The van der Waals surface area contributed by atoms with Gasteiger partial charge < -0.3 is 40.0 Å². The Balaban J connectivity index is 0.697. The first kappa shape index (κ1) is 62.6. The Morgan fingerprint density at radius 2 is 1.44 bits per heavy atom. The number of carbonyl (C=O) groups is 8. The maximum Gasteiger partial charge on any atom is 0.407 e. The van der Waals surface area contributed by atoms with E-state index in [2.05, 4.69) is 35.9 Å². The molecule has 0 spiro atoms. The molecule has 4 fully saturated rings. The van der Waals surface area contributed by atoms with Gasteiger partial charge in [-0.2, -0.15) is 5.26 Å². The zero-order valence-corrected chi connectivity index (χ0v) is 49.0. The second-order valence-electron chi connectivity index (χ2n) is 23.3. The number of nitrogens with one attached hydrogen (secondary N) is 3. The predicted molar refractivity (Wildman–Crippen MR) is 307 cm³/mol. The molecule has 452 valence electrons. The van der Waals surface area contributed by atoms with Crippen LogP contribution in [0.15, 0.2) is 42.5 Å². The average Bonchev–Trinajstić information content (AvgIpc) is 2.18. The van der Waals surface area contributed by atoms with Crippen molar-refractivity contribution < 1.29 is 57.0 Å². The normalized spacial score (nSPS) is 19.6. The smallest absolute Gasteiger partial charge is 0.407 e. The minimum absolute atomic E-state index is 0.0117. The van der Waals surface area contributed by atoms with Gasteiger partial charge in [-0.25, -0.2) is 14.1 Å². The molecule has 22 nitrogen and oxygen atoms in total. The number of ether oxygens (including phenoxy) is 3. The number of unbranched alkanes of at least 4 members (excludes halogenated alkanes) is 5. The number of anilines is 2. The lowest BCUT2D eigenvalue weighted by atomic mass is 9.93. The second kappa shape index (κ2) is 29.4. The third kappa shape index (κ3) is 17.1. The van der Waals surface area contributed by atoms with E-state index in [1.807, 2.05) is 17.0 Å². The van der Waals surface area contributed by atoms with E-state index in [9.17, 15) is 38.4 Å². The van der Waals surface area contributed by atoms with E-state index in [0.29, 0.717) is 99.4 Å². The Bertz CT molecular complexity index is 2910. The van der Waals surface area contributed by atoms with Crippen LogP contribution in [0.1, 0.15) is 167 Å². The SMILES string of the molecule is CC(C)(C)OC(=O)NCCCCCNC(=O)CCCCCCC(=O)OCN1C(=O)CCC(N2C(=O)c3cc(F)c(N4CCN(CC5CCN(c6ccc(C(=O)NC7CCC(Oc8ccc(C#N)c(Cl)c8)CC7)nn6)CC5)CC4)cc3C2=O)C1=O. The average molecular weight is 1180 g/mol. The first-order valence-electron chi connectivity index (χ1n) is 29.5. The van der Waals surface area contributed by atoms with E-state index >= 15 is 4.39 Å².